The Morgan fingerprint density at radius 3 is 2.71 bits per heavy atom. The minimum absolute atomic E-state index is 0.231. The van der Waals surface area contributed by atoms with E-state index in [-0.39, 0.29) is 12.5 Å². The van der Waals surface area contributed by atoms with Gasteiger partial charge in [0.2, 0.25) is 0 Å². The summed E-state index contributed by atoms with van der Waals surface area (Å²) in [6.07, 6.45) is 0. The van der Waals surface area contributed by atoms with Crippen LogP contribution in [0.4, 0.5) is 5.69 Å². The van der Waals surface area contributed by atoms with Crippen molar-refractivity contribution in [1.29, 1.82) is 0 Å². The number of benzene rings is 2. The lowest BCUT2D eigenvalue weighted by Crippen LogP contribution is -2.38. The molecule has 5 nitrogen and oxygen atoms in total. The number of carbonyl (C=O) groups excluding carboxylic acids is 2. The van der Waals surface area contributed by atoms with Gasteiger partial charge in [0.15, 0.2) is 6.61 Å². The minimum Gasteiger partial charge on any atom is -0.496 e. The molecule has 124 valence electrons. The normalized spacial score (nSPS) is 13.1. The highest BCUT2D eigenvalue weighted by Crippen LogP contribution is 2.34. The van der Waals surface area contributed by atoms with Gasteiger partial charge < -0.3 is 14.4 Å². The van der Waals surface area contributed by atoms with Gasteiger partial charge in [0, 0.05) is 17.2 Å². The number of anilines is 1. The van der Waals surface area contributed by atoms with Crippen molar-refractivity contribution in [3.63, 3.8) is 0 Å². The summed E-state index contributed by atoms with van der Waals surface area (Å²) in [4.78, 5) is 27.4. The maximum Gasteiger partial charge on any atom is 0.342 e. The number of esters is 1. The van der Waals surface area contributed by atoms with Crippen LogP contribution in [-0.4, -0.2) is 37.9 Å². The van der Waals surface area contributed by atoms with Crippen molar-refractivity contribution in [1.82, 2.24) is 0 Å². The van der Waals surface area contributed by atoms with E-state index in [2.05, 4.69) is 0 Å². The van der Waals surface area contributed by atoms with E-state index in [0.717, 1.165) is 16.3 Å². The van der Waals surface area contributed by atoms with Crippen LogP contribution in [0.2, 0.25) is 0 Å². The topological polar surface area (TPSA) is 55.8 Å². The number of hydrogen-bond acceptors (Lipinski definition) is 5. The van der Waals surface area contributed by atoms with Crippen molar-refractivity contribution >= 4 is 29.3 Å². The molecule has 2 aromatic rings. The van der Waals surface area contributed by atoms with Crippen LogP contribution in [0.15, 0.2) is 53.4 Å². The van der Waals surface area contributed by atoms with E-state index in [9.17, 15) is 9.59 Å². The molecule has 24 heavy (non-hydrogen) atoms. The van der Waals surface area contributed by atoms with Gasteiger partial charge in [-0.05, 0) is 24.3 Å². The SMILES string of the molecule is COc1ccccc1C(=O)OCC(=O)N1CCSc2ccccc21. The first-order valence-electron chi connectivity index (χ1n) is 7.53. The van der Waals surface area contributed by atoms with Crippen LogP contribution in [0.1, 0.15) is 10.4 Å². The smallest absolute Gasteiger partial charge is 0.342 e. The van der Waals surface area contributed by atoms with Crippen LogP contribution < -0.4 is 9.64 Å². The summed E-state index contributed by atoms with van der Waals surface area (Å²) in [7, 11) is 1.49. The van der Waals surface area contributed by atoms with E-state index in [1.807, 2.05) is 24.3 Å². The third-order valence-corrected chi connectivity index (χ3v) is 4.73. The zero-order chi connectivity index (χ0) is 16.9. The summed E-state index contributed by atoms with van der Waals surface area (Å²) < 4.78 is 10.3. The molecule has 0 aromatic heterocycles. The van der Waals surface area contributed by atoms with Gasteiger partial charge in [0.25, 0.3) is 5.91 Å². The molecule has 0 N–H and O–H groups in total. The van der Waals surface area contributed by atoms with E-state index in [1.54, 1.807) is 40.9 Å². The largest absolute Gasteiger partial charge is 0.496 e. The summed E-state index contributed by atoms with van der Waals surface area (Å²) in [5, 5.41) is 0. The van der Waals surface area contributed by atoms with Gasteiger partial charge in [-0.3, -0.25) is 4.79 Å². The molecule has 1 heterocycles. The lowest BCUT2D eigenvalue weighted by atomic mass is 10.2. The molecule has 0 atom stereocenters. The molecule has 0 aliphatic carbocycles. The zero-order valence-electron chi connectivity index (χ0n) is 13.2. The fourth-order valence-corrected chi connectivity index (χ4v) is 3.52. The molecular formula is C18H17NO4S. The molecule has 0 fully saturated rings. The molecule has 0 saturated carbocycles. The Kier molecular flexibility index (Phi) is 5.05. The third kappa shape index (κ3) is 3.38. The van der Waals surface area contributed by atoms with Crippen LogP contribution in [0.25, 0.3) is 0 Å². The molecule has 0 bridgehead atoms. The predicted molar refractivity (Wildman–Crippen MR) is 92.8 cm³/mol. The third-order valence-electron chi connectivity index (χ3n) is 3.68. The monoisotopic (exact) mass is 343 g/mol. The van der Waals surface area contributed by atoms with Gasteiger partial charge in [0.05, 0.1) is 12.8 Å². The van der Waals surface area contributed by atoms with Crippen LogP contribution >= 0.6 is 11.8 Å². The number of fused-ring (bicyclic) bond motifs is 1. The summed E-state index contributed by atoms with van der Waals surface area (Å²) >= 11 is 1.72. The van der Waals surface area contributed by atoms with Gasteiger partial charge in [-0.15, -0.1) is 11.8 Å². The molecule has 0 saturated heterocycles. The van der Waals surface area contributed by atoms with Crippen LogP contribution in [0.3, 0.4) is 0 Å². The maximum atomic E-state index is 12.5. The Hall–Kier alpha value is -2.47. The van der Waals surface area contributed by atoms with Crippen molar-refractivity contribution < 1.29 is 19.1 Å². The minimum atomic E-state index is -0.569. The summed E-state index contributed by atoms with van der Waals surface area (Å²) in [5.41, 5.74) is 1.18. The molecule has 3 rings (SSSR count). The zero-order valence-corrected chi connectivity index (χ0v) is 14.0. The van der Waals surface area contributed by atoms with Gasteiger partial charge >= 0.3 is 5.97 Å². The molecule has 0 unspecified atom stereocenters. The number of methoxy groups -OCH3 is 1. The molecule has 1 aliphatic heterocycles. The van der Waals surface area contributed by atoms with Crippen molar-refractivity contribution in [2.24, 2.45) is 0 Å². The average Bonchev–Trinajstić information content (AvgIpc) is 2.65. The molecule has 2 aromatic carbocycles. The Morgan fingerprint density at radius 2 is 1.88 bits per heavy atom. The predicted octanol–water partition coefficient (Wildman–Crippen LogP) is 2.99. The second-order valence-corrected chi connectivity index (χ2v) is 6.27. The van der Waals surface area contributed by atoms with Crippen molar-refractivity contribution in [2.45, 2.75) is 4.90 Å². The van der Waals surface area contributed by atoms with Crippen LogP contribution in [0, 0.1) is 0 Å². The lowest BCUT2D eigenvalue weighted by Gasteiger charge is -2.28. The standard InChI is InChI=1S/C18H17NO4S/c1-22-15-8-4-2-6-13(15)18(21)23-12-17(20)19-10-11-24-16-9-5-3-7-14(16)19/h2-9H,10-12H2,1H3. The van der Waals surface area contributed by atoms with E-state index >= 15 is 0 Å². The molecule has 1 amide bonds. The summed E-state index contributed by atoms with van der Waals surface area (Å²) in [6, 6.07) is 14.5. The number of carbonyl (C=O) groups is 2. The summed E-state index contributed by atoms with van der Waals surface area (Å²) in [5.74, 6) is 0.449. The highest BCUT2D eigenvalue weighted by atomic mass is 32.2. The van der Waals surface area contributed by atoms with Gasteiger partial charge in [-0.25, -0.2) is 4.79 Å². The van der Waals surface area contributed by atoms with E-state index < -0.39 is 5.97 Å². The Bertz CT molecular complexity index is 762. The van der Waals surface area contributed by atoms with Crippen molar-refractivity contribution in [3.8, 4) is 5.75 Å². The number of ether oxygens (including phenoxy) is 2. The molecule has 1 aliphatic rings. The van der Waals surface area contributed by atoms with Gasteiger partial charge in [0.1, 0.15) is 11.3 Å². The Morgan fingerprint density at radius 1 is 1.12 bits per heavy atom. The number of rotatable bonds is 4. The van der Waals surface area contributed by atoms with Crippen LogP contribution in [-0.2, 0) is 9.53 Å². The first-order chi connectivity index (χ1) is 11.7. The van der Waals surface area contributed by atoms with Gasteiger partial charge in [-0.2, -0.15) is 0 Å². The number of nitrogens with zero attached hydrogens (tertiary/aromatic N) is 1. The number of hydrogen-bond donors (Lipinski definition) is 0. The Balaban J connectivity index is 1.67. The first-order valence-corrected chi connectivity index (χ1v) is 8.51. The second kappa shape index (κ2) is 7.40. The number of para-hydroxylation sites is 2. The fourth-order valence-electron chi connectivity index (χ4n) is 2.52. The highest BCUT2D eigenvalue weighted by Gasteiger charge is 2.24. The number of amides is 1. The molecule has 0 spiro atoms. The molecule has 6 heteroatoms. The Labute approximate surface area is 144 Å². The van der Waals surface area contributed by atoms with Crippen molar-refractivity contribution in [2.75, 3.05) is 30.9 Å². The molecule has 0 radical (unpaired) electrons. The lowest BCUT2D eigenvalue weighted by molar-refractivity contribution is -0.121. The molecular weight excluding hydrogens is 326 g/mol. The van der Waals surface area contributed by atoms with E-state index in [4.69, 9.17) is 9.47 Å². The quantitative estimate of drug-likeness (QED) is 0.799. The van der Waals surface area contributed by atoms with E-state index in [1.165, 1.54) is 7.11 Å². The number of thioether (sulfide) groups is 1. The van der Waals surface area contributed by atoms with Gasteiger partial charge in [-0.1, -0.05) is 24.3 Å². The average molecular weight is 343 g/mol. The fraction of sp³-hybridized carbons (Fsp3) is 0.222. The summed E-state index contributed by atoms with van der Waals surface area (Å²) in [6.45, 7) is 0.308. The maximum absolute atomic E-state index is 12.5. The van der Waals surface area contributed by atoms with Crippen LogP contribution in [0.5, 0.6) is 5.75 Å². The first kappa shape index (κ1) is 16.4. The van der Waals surface area contributed by atoms with Crippen molar-refractivity contribution in [3.05, 3.63) is 54.1 Å². The highest BCUT2D eigenvalue weighted by molar-refractivity contribution is 7.99. The second-order valence-electron chi connectivity index (χ2n) is 5.14. The van der Waals surface area contributed by atoms with E-state index in [0.29, 0.717) is 17.9 Å².